The molecule has 1 atom stereocenters. The van der Waals surface area contributed by atoms with Crippen LogP contribution in [0.2, 0.25) is 0 Å². The zero-order valence-corrected chi connectivity index (χ0v) is 17.1. The number of anilines is 1. The second-order valence-electron chi connectivity index (χ2n) is 6.35. The van der Waals surface area contributed by atoms with Crippen molar-refractivity contribution in [1.29, 1.82) is 0 Å². The van der Waals surface area contributed by atoms with Gasteiger partial charge in [0.05, 0.1) is 19.9 Å². The largest absolute Gasteiger partial charge is 0.496 e. The molecule has 0 spiro atoms. The molecule has 1 heterocycles. The highest BCUT2D eigenvalue weighted by Gasteiger charge is 2.35. The van der Waals surface area contributed by atoms with Crippen LogP contribution in [0.3, 0.4) is 0 Å². The molecular weight excluding hydrogens is 392 g/mol. The van der Waals surface area contributed by atoms with Gasteiger partial charge in [0.2, 0.25) is 5.91 Å². The van der Waals surface area contributed by atoms with Crippen molar-refractivity contribution in [2.24, 2.45) is 0 Å². The van der Waals surface area contributed by atoms with Crippen LogP contribution in [0, 0.1) is 0 Å². The van der Waals surface area contributed by atoms with Crippen LogP contribution in [0.4, 0.5) is 10.5 Å². The lowest BCUT2D eigenvalue weighted by atomic mass is 10.1. The third kappa shape index (κ3) is 5.31. The fraction of sp³-hybridized carbons (Fsp3) is 0.381. The topological polar surface area (TPSA) is 103 Å². The fourth-order valence-corrected chi connectivity index (χ4v) is 3.06. The van der Waals surface area contributed by atoms with Gasteiger partial charge in [-0.05, 0) is 18.9 Å². The first-order valence-electron chi connectivity index (χ1n) is 9.36. The molecule has 9 heteroatoms. The Balaban J connectivity index is 2.26. The lowest BCUT2D eigenvalue weighted by molar-refractivity contribution is -0.120. The summed E-state index contributed by atoms with van der Waals surface area (Å²) < 4.78 is 20.7. The van der Waals surface area contributed by atoms with Crippen molar-refractivity contribution in [2.45, 2.75) is 18.9 Å². The number of nitrogens with zero attached hydrogens (tertiary/aromatic N) is 1. The lowest BCUT2D eigenvalue weighted by Crippen LogP contribution is -2.43. The molecule has 0 radical (unpaired) electrons. The number of ether oxygens (including phenoxy) is 4. The zero-order valence-electron chi connectivity index (χ0n) is 17.1. The van der Waals surface area contributed by atoms with E-state index in [4.69, 9.17) is 18.9 Å². The molecule has 0 unspecified atom stereocenters. The Morgan fingerprint density at radius 2 is 1.77 bits per heavy atom. The van der Waals surface area contributed by atoms with Crippen molar-refractivity contribution in [1.82, 2.24) is 4.90 Å². The molecule has 2 rings (SSSR count). The van der Waals surface area contributed by atoms with Crippen molar-refractivity contribution >= 4 is 23.7 Å². The Morgan fingerprint density at radius 3 is 2.40 bits per heavy atom. The number of methoxy groups -OCH3 is 2. The number of benzene rings is 1. The molecule has 162 valence electrons. The Morgan fingerprint density at radius 1 is 1.10 bits per heavy atom. The minimum atomic E-state index is -0.703. The number of rotatable bonds is 9. The minimum Gasteiger partial charge on any atom is -0.496 e. The Bertz CT molecular complexity index is 822. The van der Waals surface area contributed by atoms with Crippen molar-refractivity contribution < 1.29 is 33.3 Å². The van der Waals surface area contributed by atoms with E-state index in [0.717, 1.165) is 0 Å². The van der Waals surface area contributed by atoms with Gasteiger partial charge in [-0.3, -0.25) is 9.69 Å². The van der Waals surface area contributed by atoms with Crippen LogP contribution in [-0.4, -0.2) is 62.9 Å². The van der Waals surface area contributed by atoms with Crippen molar-refractivity contribution in [3.05, 3.63) is 43.0 Å². The summed E-state index contributed by atoms with van der Waals surface area (Å²) in [6, 6.07) is 2.19. The number of esters is 1. The number of hydrogen-bond acceptors (Lipinski definition) is 7. The highest BCUT2D eigenvalue weighted by Crippen LogP contribution is 2.34. The van der Waals surface area contributed by atoms with Gasteiger partial charge < -0.3 is 24.3 Å². The Hall–Kier alpha value is -3.49. The van der Waals surface area contributed by atoms with Gasteiger partial charge in [0.15, 0.2) is 0 Å². The van der Waals surface area contributed by atoms with E-state index in [0.29, 0.717) is 25.1 Å². The fourth-order valence-electron chi connectivity index (χ4n) is 3.06. The lowest BCUT2D eigenvalue weighted by Gasteiger charge is -2.23. The van der Waals surface area contributed by atoms with Crippen LogP contribution < -0.4 is 14.8 Å². The number of amides is 2. The molecule has 0 saturated carbocycles. The molecule has 0 aromatic heterocycles. The molecule has 1 aromatic carbocycles. The second-order valence-corrected chi connectivity index (χ2v) is 6.35. The smallest absolute Gasteiger partial charge is 0.410 e. The van der Waals surface area contributed by atoms with E-state index in [1.165, 1.54) is 43.4 Å². The SMILES string of the molecule is C=CCOC(=O)c1cc(NC(=O)[C@@H]2CCCN2C(=O)OCC=C)c(OC)cc1OC. The molecule has 2 amide bonds. The summed E-state index contributed by atoms with van der Waals surface area (Å²) in [7, 11) is 2.83. The predicted octanol–water partition coefficient (Wildman–Crippen LogP) is 2.77. The summed E-state index contributed by atoms with van der Waals surface area (Å²) in [5.41, 5.74) is 0.365. The van der Waals surface area contributed by atoms with Crippen molar-refractivity contribution in [3.63, 3.8) is 0 Å². The summed E-state index contributed by atoms with van der Waals surface area (Å²) in [5, 5.41) is 2.73. The van der Waals surface area contributed by atoms with Gasteiger partial charge in [0.1, 0.15) is 36.3 Å². The summed E-state index contributed by atoms with van der Waals surface area (Å²) >= 11 is 0. The van der Waals surface area contributed by atoms with Gasteiger partial charge >= 0.3 is 12.1 Å². The molecule has 30 heavy (non-hydrogen) atoms. The van der Waals surface area contributed by atoms with Crippen molar-refractivity contribution in [3.8, 4) is 11.5 Å². The third-order valence-electron chi connectivity index (χ3n) is 4.45. The van der Waals surface area contributed by atoms with E-state index in [1.54, 1.807) is 0 Å². The van der Waals surface area contributed by atoms with Gasteiger partial charge in [0.25, 0.3) is 0 Å². The van der Waals surface area contributed by atoms with E-state index in [-0.39, 0.29) is 30.2 Å². The average molecular weight is 418 g/mol. The quantitative estimate of drug-likeness (QED) is 0.486. The van der Waals surface area contributed by atoms with Crippen LogP contribution in [0.15, 0.2) is 37.4 Å². The molecule has 0 bridgehead atoms. The first kappa shape index (κ1) is 22.8. The van der Waals surface area contributed by atoms with E-state index in [9.17, 15) is 14.4 Å². The molecular formula is C21H26N2O7. The van der Waals surface area contributed by atoms with Gasteiger partial charge in [-0.1, -0.05) is 25.3 Å². The second kappa shape index (κ2) is 10.9. The number of likely N-dealkylation sites (tertiary alicyclic amines) is 1. The predicted molar refractivity (Wildman–Crippen MR) is 110 cm³/mol. The Kier molecular flexibility index (Phi) is 8.28. The Labute approximate surface area is 175 Å². The van der Waals surface area contributed by atoms with E-state index in [1.807, 2.05) is 0 Å². The van der Waals surface area contributed by atoms with Crippen LogP contribution in [0.5, 0.6) is 11.5 Å². The minimum absolute atomic E-state index is 0.0273. The van der Waals surface area contributed by atoms with E-state index < -0.39 is 24.0 Å². The summed E-state index contributed by atoms with van der Waals surface area (Å²) in [6.45, 7) is 7.50. The van der Waals surface area contributed by atoms with E-state index in [2.05, 4.69) is 18.5 Å². The normalized spacial score (nSPS) is 15.1. The van der Waals surface area contributed by atoms with Crippen LogP contribution in [0.1, 0.15) is 23.2 Å². The van der Waals surface area contributed by atoms with Gasteiger partial charge in [-0.15, -0.1) is 0 Å². The molecule has 0 aliphatic carbocycles. The number of nitrogens with one attached hydrogen (secondary N) is 1. The number of carbonyl (C=O) groups is 3. The maximum atomic E-state index is 12.9. The summed E-state index contributed by atoms with van der Waals surface area (Å²) in [5.74, 6) is -0.536. The van der Waals surface area contributed by atoms with Gasteiger partial charge in [0, 0.05) is 12.6 Å². The zero-order chi connectivity index (χ0) is 22.1. The van der Waals surface area contributed by atoms with Crippen LogP contribution in [-0.2, 0) is 14.3 Å². The van der Waals surface area contributed by atoms with Crippen LogP contribution >= 0.6 is 0 Å². The maximum Gasteiger partial charge on any atom is 0.410 e. The molecule has 1 saturated heterocycles. The van der Waals surface area contributed by atoms with Gasteiger partial charge in [-0.25, -0.2) is 9.59 Å². The van der Waals surface area contributed by atoms with E-state index >= 15 is 0 Å². The molecule has 9 nitrogen and oxygen atoms in total. The standard InChI is InChI=1S/C21H26N2O7/c1-5-10-29-20(25)14-12-15(18(28-4)13-17(14)27-3)22-19(24)16-8-7-9-23(16)21(26)30-11-6-2/h5-6,12-13,16H,1-2,7-11H2,3-4H3,(H,22,24)/t16-/m0/s1. The summed E-state index contributed by atoms with van der Waals surface area (Å²) in [6.07, 6.45) is 3.47. The first-order valence-corrected chi connectivity index (χ1v) is 9.36. The monoisotopic (exact) mass is 418 g/mol. The molecule has 1 fully saturated rings. The molecule has 1 aliphatic rings. The van der Waals surface area contributed by atoms with Gasteiger partial charge in [-0.2, -0.15) is 0 Å². The number of hydrogen-bond donors (Lipinski definition) is 1. The maximum absolute atomic E-state index is 12.9. The molecule has 1 aromatic rings. The highest BCUT2D eigenvalue weighted by molar-refractivity contribution is 6.00. The summed E-state index contributed by atoms with van der Waals surface area (Å²) in [4.78, 5) is 38.8. The van der Waals surface area contributed by atoms with Crippen LogP contribution in [0.25, 0.3) is 0 Å². The average Bonchev–Trinajstić information content (AvgIpc) is 3.25. The highest BCUT2D eigenvalue weighted by atomic mass is 16.6. The first-order chi connectivity index (χ1) is 14.5. The number of carbonyl (C=O) groups excluding carboxylic acids is 3. The molecule has 1 N–H and O–H groups in total. The van der Waals surface area contributed by atoms with Crippen molar-refractivity contribution in [2.75, 3.05) is 39.3 Å². The third-order valence-corrected chi connectivity index (χ3v) is 4.45. The molecule has 1 aliphatic heterocycles.